The zero-order valence-corrected chi connectivity index (χ0v) is 11.4. The molecule has 1 saturated heterocycles. The monoisotopic (exact) mass is 293 g/mol. The fourth-order valence-electron chi connectivity index (χ4n) is 2.31. The molecule has 1 aromatic rings. The molecule has 0 saturated carbocycles. The smallest absolute Gasteiger partial charge is 0.306 e. The molecule has 8 heteroatoms. The molecule has 1 aromatic carbocycles. The van der Waals surface area contributed by atoms with Gasteiger partial charge in [0.25, 0.3) is 5.69 Å². The van der Waals surface area contributed by atoms with E-state index in [2.05, 4.69) is 0 Å². The van der Waals surface area contributed by atoms with Crippen molar-refractivity contribution in [2.75, 3.05) is 18.0 Å². The number of rotatable bonds is 5. The summed E-state index contributed by atoms with van der Waals surface area (Å²) in [5, 5.41) is 20.0. The maximum absolute atomic E-state index is 11.2. The van der Waals surface area contributed by atoms with Crippen molar-refractivity contribution < 1.29 is 19.6 Å². The third-order valence-corrected chi connectivity index (χ3v) is 3.80. The number of benzene rings is 1. The van der Waals surface area contributed by atoms with Gasteiger partial charge < -0.3 is 15.7 Å². The van der Waals surface area contributed by atoms with Crippen molar-refractivity contribution >= 4 is 23.3 Å². The van der Waals surface area contributed by atoms with Crippen LogP contribution in [0.15, 0.2) is 18.2 Å². The summed E-state index contributed by atoms with van der Waals surface area (Å²) in [5.41, 5.74) is 5.54. The first-order chi connectivity index (χ1) is 9.81. The number of nitrogens with zero attached hydrogens (tertiary/aromatic N) is 2. The van der Waals surface area contributed by atoms with Crippen molar-refractivity contribution in [1.82, 2.24) is 0 Å². The molecule has 0 aliphatic carbocycles. The van der Waals surface area contributed by atoms with Gasteiger partial charge in [-0.15, -0.1) is 0 Å². The molecule has 0 bridgehead atoms. The topological polar surface area (TPSA) is 127 Å². The van der Waals surface area contributed by atoms with E-state index in [9.17, 15) is 19.7 Å². The van der Waals surface area contributed by atoms with Crippen LogP contribution < -0.4 is 10.6 Å². The molecule has 3 N–H and O–H groups in total. The number of hydrogen-bond donors (Lipinski definition) is 2. The van der Waals surface area contributed by atoms with Gasteiger partial charge in [0.1, 0.15) is 5.69 Å². The molecular weight excluding hydrogens is 278 g/mol. The number of anilines is 1. The Hall–Kier alpha value is -2.64. The first kappa shape index (κ1) is 14.8. The predicted octanol–water partition coefficient (Wildman–Crippen LogP) is 0.851. The lowest BCUT2D eigenvalue weighted by atomic mass is 9.86. The number of nitrogens with two attached hydrogens (primary N) is 1. The predicted molar refractivity (Wildman–Crippen MR) is 74.1 cm³/mol. The fourth-order valence-corrected chi connectivity index (χ4v) is 2.31. The molecule has 0 spiro atoms. The van der Waals surface area contributed by atoms with E-state index >= 15 is 0 Å². The lowest BCUT2D eigenvalue weighted by molar-refractivity contribution is -0.384. The molecule has 21 heavy (non-hydrogen) atoms. The Morgan fingerprint density at radius 1 is 1.48 bits per heavy atom. The van der Waals surface area contributed by atoms with Crippen molar-refractivity contribution in [3.05, 3.63) is 33.9 Å². The highest BCUT2D eigenvalue weighted by atomic mass is 16.6. The second kappa shape index (κ2) is 5.39. The zero-order chi connectivity index (χ0) is 15.7. The van der Waals surface area contributed by atoms with Crippen LogP contribution in [0.1, 0.15) is 17.3 Å². The molecule has 1 aliphatic heterocycles. The standard InChI is InChI=1S/C13H15N3O5/c1-7(13(18)19)9-5-15(6-9)11-4-8(12(14)17)2-3-10(11)16(20)21/h2-4,7,9H,5-6H2,1H3,(H2,14,17)(H,18,19). The van der Waals surface area contributed by atoms with Crippen LogP contribution in [0.4, 0.5) is 11.4 Å². The van der Waals surface area contributed by atoms with E-state index in [0.717, 1.165) is 0 Å². The Balaban J connectivity index is 2.24. The van der Waals surface area contributed by atoms with Gasteiger partial charge in [-0.05, 0) is 12.1 Å². The van der Waals surface area contributed by atoms with Gasteiger partial charge in [-0.1, -0.05) is 6.92 Å². The van der Waals surface area contributed by atoms with Crippen LogP contribution in [-0.2, 0) is 4.79 Å². The van der Waals surface area contributed by atoms with Crippen LogP contribution in [0, 0.1) is 22.0 Å². The lowest BCUT2D eigenvalue weighted by Gasteiger charge is -2.42. The van der Waals surface area contributed by atoms with Gasteiger partial charge >= 0.3 is 5.97 Å². The van der Waals surface area contributed by atoms with E-state index in [1.165, 1.54) is 18.2 Å². The molecule has 1 fully saturated rings. The van der Waals surface area contributed by atoms with Crippen LogP contribution >= 0.6 is 0 Å². The number of primary amides is 1. The van der Waals surface area contributed by atoms with Gasteiger partial charge in [-0.3, -0.25) is 19.7 Å². The van der Waals surface area contributed by atoms with Crippen molar-refractivity contribution in [2.45, 2.75) is 6.92 Å². The highest BCUT2D eigenvalue weighted by molar-refractivity contribution is 5.94. The van der Waals surface area contributed by atoms with Gasteiger partial charge in [0.2, 0.25) is 5.91 Å². The van der Waals surface area contributed by atoms with E-state index in [1.54, 1.807) is 11.8 Å². The molecule has 1 atom stereocenters. The Kier molecular flexibility index (Phi) is 3.79. The summed E-state index contributed by atoms with van der Waals surface area (Å²) in [6.07, 6.45) is 0. The molecular formula is C13H15N3O5. The molecule has 2 rings (SSSR count). The van der Waals surface area contributed by atoms with Crippen LogP contribution in [0.2, 0.25) is 0 Å². The minimum atomic E-state index is -0.889. The number of carboxylic acid groups (broad SMARTS) is 1. The molecule has 0 aromatic heterocycles. The minimum Gasteiger partial charge on any atom is -0.481 e. The number of aliphatic carboxylic acids is 1. The number of nitro groups is 1. The average Bonchev–Trinajstić information content (AvgIpc) is 2.36. The number of carboxylic acids is 1. The Morgan fingerprint density at radius 3 is 2.57 bits per heavy atom. The van der Waals surface area contributed by atoms with Gasteiger partial charge in [-0.2, -0.15) is 0 Å². The van der Waals surface area contributed by atoms with E-state index in [-0.39, 0.29) is 17.2 Å². The van der Waals surface area contributed by atoms with E-state index in [0.29, 0.717) is 18.8 Å². The quantitative estimate of drug-likeness (QED) is 0.612. The summed E-state index contributed by atoms with van der Waals surface area (Å²) in [6, 6.07) is 3.92. The van der Waals surface area contributed by atoms with E-state index in [4.69, 9.17) is 10.8 Å². The first-order valence-corrected chi connectivity index (χ1v) is 6.37. The molecule has 0 radical (unpaired) electrons. The normalized spacial score (nSPS) is 16.1. The van der Waals surface area contributed by atoms with Crippen molar-refractivity contribution in [1.29, 1.82) is 0 Å². The maximum atomic E-state index is 11.2. The van der Waals surface area contributed by atoms with Gasteiger partial charge in [0, 0.05) is 30.6 Å². The number of nitro benzene ring substituents is 1. The Labute approximate surface area is 120 Å². The number of amides is 1. The SMILES string of the molecule is CC(C(=O)O)C1CN(c2cc(C(N)=O)ccc2[N+](=O)[O-])C1. The maximum Gasteiger partial charge on any atom is 0.306 e. The highest BCUT2D eigenvalue weighted by Gasteiger charge is 2.37. The van der Waals surface area contributed by atoms with Crippen LogP contribution in [-0.4, -0.2) is 35.0 Å². The third-order valence-electron chi connectivity index (χ3n) is 3.80. The van der Waals surface area contributed by atoms with Crippen molar-refractivity contribution in [3.63, 3.8) is 0 Å². The Morgan fingerprint density at radius 2 is 2.10 bits per heavy atom. The van der Waals surface area contributed by atoms with E-state index < -0.39 is 22.7 Å². The molecule has 1 amide bonds. The molecule has 1 aliphatic rings. The largest absolute Gasteiger partial charge is 0.481 e. The summed E-state index contributed by atoms with van der Waals surface area (Å²) in [4.78, 5) is 34.3. The van der Waals surface area contributed by atoms with Crippen LogP contribution in [0.3, 0.4) is 0 Å². The second-order valence-corrected chi connectivity index (χ2v) is 5.12. The summed E-state index contributed by atoms with van der Waals surface area (Å²) in [6.45, 7) is 2.41. The van der Waals surface area contributed by atoms with Crippen LogP contribution in [0.25, 0.3) is 0 Å². The zero-order valence-electron chi connectivity index (χ0n) is 11.4. The number of hydrogen-bond acceptors (Lipinski definition) is 5. The van der Waals surface area contributed by atoms with Gasteiger partial charge in [0.15, 0.2) is 0 Å². The lowest BCUT2D eigenvalue weighted by Crippen LogP contribution is -2.51. The van der Waals surface area contributed by atoms with E-state index in [1.807, 2.05) is 0 Å². The third kappa shape index (κ3) is 2.78. The summed E-state index contributed by atoms with van der Waals surface area (Å²) < 4.78 is 0. The number of carbonyl (C=O) groups is 2. The first-order valence-electron chi connectivity index (χ1n) is 6.37. The number of carbonyl (C=O) groups excluding carboxylic acids is 1. The Bertz CT molecular complexity index is 610. The molecule has 1 heterocycles. The summed E-state index contributed by atoms with van der Waals surface area (Å²) in [5.74, 6) is -2.14. The molecule has 1 unspecified atom stereocenters. The summed E-state index contributed by atoms with van der Waals surface area (Å²) >= 11 is 0. The van der Waals surface area contributed by atoms with Crippen molar-refractivity contribution in [2.24, 2.45) is 17.6 Å². The molecule has 8 nitrogen and oxygen atoms in total. The van der Waals surface area contributed by atoms with Crippen molar-refractivity contribution in [3.8, 4) is 0 Å². The van der Waals surface area contributed by atoms with Gasteiger partial charge in [-0.25, -0.2) is 0 Å². The minimum absolute atomic E-state index is 0.0701. The van der Waals surface area contributed by atoms with Crippen LogP contribution in [0.5, 0.6) is 0 Å². The average molecular weight is 293 g/mol. The van der Waals surface area contributed by atoms with Gasteiger partial charge in [0.05, 0.1) is 10.8 Å². The second-order valence-electron chi connectivity index (χ2n) is 5.12. The summed E-state index contributed by atoms with van der Waals surface area (Å²) in [7, 11) is 0. The highest BCUT2D eigenvalue weighted by Crippen LogP contribution is 2.36. The fraction of sp³-hybridized carbons (Fsp3) is 0.385. The molecule has 112 valence electrons.